The monoisotopic (exact) mass is 624 g/mol. The maximum Gasteiger partial charge on any atom is 0.228 e. The Morgan fingerprint density at radius 1 is 1.07 bits per heavy atom. The summed E-state index contributed by atoms with van der Waals surface area (Å²) in [6, 6.07) is 15.2. The van der Waals surface area contributed by atoms with Crippen LogP contribution in [0.3, 0.4) is 0 Å². The lowest BCUT2D eigenvalue weighted by molar-refractivity contribution is -0.127. The number of nitrogens with zero attached hydrogens (tertiary/aromatic N) is 5. The minimum atomic E-state index is -0.319. The molecule has 2 unspecified atom stereocenters. The van der Waals surface area contributed by atoms with Crippen molar-refractivity contribution in [1.29, 1.82) is 0 Å². The molecule has 3 N–H and O–H groups in total. The number of carbonyl (C=O) groups is 1. The summed E-state index contributed by atoms with van der Waals surface area (Å²) in [5, 5.41) is 15.6. The second kappa shape index (κ2) is 14.4. The number of fused-ring (bicyclic) bond motifs is 2. The van der Waals surface area contributed by atoms with Gasteiger partial charge in [-0.1, -0.05) is 68.9 Å². The molecule has 4 heterocycles. The van der Waals surface area contributed by atoms with E-state index in [-0.39, 0.29) is 29.3 Å². The third-order valence-electron chi connectivity index (χ3n) is 10.3. The van der Waals surface area contributed by atoms with Gasteiger partial charge in [0, 0.05) is 42.9 Å². The van der Waals surface area contributed by atoms with E-state index in [0.717, 1.165) is 68.0 Å². The quantitative estimate of drug-likeness (QED) is 0.188. The van der Waals surface area contributed by atoms with Crippen LogP contribution in [0.25, 0.3) is 5.65 Å². The summed E-state index contributed by atoms with van der Waals surface area (Å²) in [6.45, 7) is 7.57. The van der Waals surface area contributed by atoms with Gasteiger partial charge in [-0.25, -0.2) is 9.67 Å². The zero-order valence-electron chi connectivity index (χ0n) is 28.1. The van der Waals surface area contributed by atoms with Gasteiger partial charge in [0.15, 0.2) is 0 Å². The molecule has 1 spiro atoms. The molecule has 1 amide bonds. The molecule has 2 aliphatic rings. The van der Waals surface area contributed by atoms with Crippen LogP contribution in [0.5, 0.6) is 0 Å². The lowest BCUT2D eigenvalue weighted by Gasteiger charge is -2.50. The van der Waals surface area contributed by atoms with E-state index in [2.05, 4.69) is 80.1 Å². The number of carbonyl (C=O) groups excluding carboxylic acids is 1. The Bertz CT molecular complexity index is 1600. The number of rotatable bonds is 10. The number of amides is 1. The highest BCUT2D eigenvalue weighted by atomic mass is 16.2. The Morgan fingerprint density at radius 2 is 1.85 bits per heavy atom. The van der Waals surface area contributed by atoms with E-state index in [0.29, 0.717) is 6.54 Å². The predicted molar refractivity (Wildman–Crippen MR) is 185 cm³/mol. The van der Waals surface area contributed by atoms with Crippen LogP contribution < -0.4 is 16.0 Å². The van der Waals surface area contributed by atoms with Crippen LogP contribution in [0.1, 0.15) is 106 Å². The number of anilines is 1. The molecule has 46 heavy (non-hydrogen) atoms. The summed E-state index contributed by atoms with van der Waals surface area (Å²) in [7, 11) is 4.18. The molecule has 0 radical (unpaired) electrons. The van der Waals surface area contributed by atoms with E-state index in [4.69, 9.17) is 5.10 Å². The van der Waals surface area contributed by atoms with E-state index in [1.54, 1.807) is 0 Å². The highest BCUT2D eigenvalue weighted by molar-refractivity contribution is 5.87. The van der Waals surface area contributed by atoms with E-state index in [1.807, 2.05) is 43.8 Å². The van der Waals surface area contributed by atoms with Crippen LogP contribution in [0.2, 0.25) is 0 Å². The van der Waals surface area contributed by atoms with E-state index in [1.165, 1.54) is 36.8 Å². The molecular weight excluding hydrogens is 572 g/mol. The fraction of sp³-hybridized carbons (Fsp3) is 0.541. The van der Waals surface area contributed by atoms with Crippen molar-refractivity contribution < 1.29 is 4.79 Å². The normalized spacial score (nSPS) is 19.9. The Balaban J connectivity index is 1.42. The van der Waals surface area contributed by atoms with Crippen molar-refractivity contribution in [2.45, 2.75) is 96.3 Å². The molecule has 1 fully saturated rings. The van der Waals surface area contributed by atoms with Crippen LogP contribution in [0.4, 0.5) is 5.82 Å². The van der Waals surface area contributed by atoms with Crippen molar-refractivity contribution in [2.24, 2.45) is 5.41 Å². The van der Waals surface area contributed by atoms with E-state index >= 15 is 0 Å². The third-order valence-corrected chi connectivity index (χ3v) is 10.3. The van der Waals surface area contributed by atoms with Gasteiger partial charge in [0.25, 0.3) is 0 Å². The first-order valence-electron chi connectivity index (χ1n) is 17.4. The maximum atomic E-state index is 14.8. The first-order chi connectivity index (χ1) is 22.4. The SMILES string of the molecule is CNCCN(C)Cc1cccc(C2Nc3c(cnn3C(C)C)C(C(=O)NCc3cnc4ccccn34)C23CCCCCCCC3)c1. The lowest BCUT2D eigenvalue weighted by Crippen LogP contribution is -2.49. The number of hydrogen-bond donors (Lipinski definition) is 3. The topological polar surface area (TPSA) is 91.5 Å². The predicted octanol–water partition coefficient (Wildman–Crippen LogP) is 6.45. The van der Waals surface area contributed by atoms with Gasteiger partial charge in [-0.15, -0.1) is 0 Å². The van der Waals surface area contributed by atoms with Gasteiger partial charge in [-0.2, -0.15) is 5.10 Å². The summed E-state index contributed by atoms with van der Waals surface area (Å²) < 4.78 is 4.13. The van der Waals surface area contributed by atoms with Crippen LogP contribution in [0.15, 0.2) is 61.1 Å². The molecule has 2 atom stereocenters. The second-order valence-electron chi connectivity index (χ2n) is 13.8. The highest BCUT2D eigenvalue weighted by Gasteiger charge is 2.54. The van der Waals surface area contributed by atoms with Crippen molar-refractivity contribution in [3.05, 3.63) is 83.4 Å². The lowest BCUT2D eigenvalue weighted by atomic mass is 9.59. The fourth-order valence-electron chi connectivity index (χ4n) is 7.98. The summed E-state index contributed by atoms with van der Waals surface area (Å²) in [5.41, 5.74) is 5.17. The van der Waals surface area contributed by atoms with Crippen molar-refractivity contribution in [1.82, 2.24) is 34.7 Å². The molecule has 0 saturated heterocycles. The van der Waals surface area contributed by atoms with Crippen LogP contribution in [-0.2, 0) is 17.9 Å². The van der Waals surface area contributed by atoms with Crippen molar-refractivity contribution in [3.63, 3.8) is 0 Å². The van der Waals surface area contributed by atoms with E-state index in [9.17, 15) is 4.79 Å². The van der Waals surface area contributed by atoms with Crippen molar-refractivity contribution in [3.8, 4) is 0 Å². The Morgan fingerprint density at radius 3 is 2.61 bits per heavy atom. The summed E-state index contributed by atoms with van der Waals surface area (Å²) >= 11 is 0. The van der Waals surface area contributed by atoms with Gasteiger partial charge in [0.2, 0.25) is 5.91 Å². The minimum absolute atomic E-state index is 0.0126. The average molecular weight is 625 g/mol. The standard InChI is InChI=1S/C37H52N8O/c1-27(2)45-35-31(25-41-45)33(36(46)40-24-30-23-39-32-16-9-12-20-44(30)32)37(17-10-7-5-6-8-11-18-37)34(42-35)29-15-13-14-28(22-29)26-43(4)21-19-38-3/h9,12-16,20,22-23,25,27,33-34,38,42H,5-8,10-11,17-19,21,24,26H2,1-4H3,(H,40,46). The number of nitrogens with one attached hydrogen (secondary N) is 3. The first kappa shape index (κ1) is 32.3. The average Bonchev–Trinajstić information content (AvgIpc) is 3.70. The van der Waals surface area contributed by atoms with Crippen molar-refractivity contribution in [2.75, 3.05) is 32.5 Å². The molecule has 1 aromatic carbocycles. The zero-order valence-corrected chi connectivity index (χ0v) is 28.1. The molecular formula is C37H52N8O. The molecule has 1 saturated carbocycles. The van der Waals surface area contributed by atoms with Crippen LogP contribution >= 0.6 is 0 Å². The molecule has 4 aromatic rings. The Kier molecular flexibility index (Phi) is 10.1. The molecule has 6 rings (SSSR count). The number of pyridine rings is 1. The Hall–Kier alpha value is -3.69. The van der Waals surface area contributed by atoms with Gasteiger partial charge in [-0.05, 0) is 64.0 Å². The number of likely N-dealkylation sites (N-methyl/N-ethyl adjacent to an activating group) is 2. The largest absolute Gasteiger partial charge is 0.363 e. The summed E-state index contributed by atoms with van der Waals surface area (Å²) in [6.07, 6.45) is 15.0. The molecule has 3 aromatic heterocycles. The number of aromatic nitrogens is 4. The van der Waals surface area contributed by atoms with E-state index < -0.39 is 0 Å². The summed E-state index contributed by atoms with van der Waals surface area (Å²) in [5.74, 6) is 0.752. The summed E-state index contributed by atoms with van der Waals surface area (Å²) in [4.78, 5) is 21.7. The highest BCUT2D eigenvalue weighted by Crippen LogP contribution is 2.59. The van der Waals surface area contributed by atoms with Gasteiger partial charge < -0.3 is 25.3 Å². The third kappa shape index (κ3) is 6.58. The first-order valence-corrected chi connectivity index (χ1v) is 17.4. The smallest absolute Gasteiger partial charge is 0.228 e. The maximum absolute atomic E-state index is 14.8. The number of hydrogen-bond acceptors (Lipinski definition) is 6. The number of imidazole rings is 1. The Labute approximate surface area is 274 Å². The zero-order chi connectivity index (χ0) is 32.1. The minimum Gasteiger partial charge on any atom is -0.363 e. The molecule has 1 aliphatic heterocycles. The fourth-order valence-corrected chi connectivity index (χ4v) is 7.98. The molecule has 9 nitrogen and oxygen atoms in total. The van der Waals surface area contributed by atoms with Crippen LogP contribution in [-0.4, -0.2) is 57.2 Å². The molecule has 0 bridgehead atoms. The van der Waals surface area contributed by atoms with Gasteiger partial charge in [-0.3, -0.25) is 4.79 Å². The molecule has 9 heteroatoms. The van der Waals surface area contributed by atoms with Gasteiger partial charge >= 0.3 is 0 Å². The van der Waals surface area contributed by atoms with Gasteiger partial charge in [0.05, 0.1) is 36.6 Å². The molecule has 1 aliphatic carbocycles. The van der Waals surface area contributed by atoms with Crippen LogP contribution in [0, 0.1) is 5.41 Å². The van der Waals surface area contributed by atoms with Gasteiger partial charge in [0.1, 0.15) is 11.5 Å². The number of benzene rings is 1. The van der Waals surface area contributed by atoms with Crippen molar-refractivity contribution >= 4 is 17.4 Å². The molecule has 246 valence electrons. The second-order valence-corrected chi connectivity index (χ2v) is 13.8.